The van der Waals surface area contributed by atoms with Gasteiger partial charge in [-0.1, -0.05) is 0 Å². The number of Topliss-reactive ketones (excluding diaryl/α,β-unsaturated/α-hetero) is 1. The molecule has 0 spiro atoms. The van der Waals surface area contributed by atoms with Crippen LogP contribution in [-0.2, 0) is 15.6 Å². The van der Waals surface area contributed by atoms with Crippen molar-refractivity contribution in [2.45, 2.75) is 62.9 Å². The molecule has 2 aliphatic rings. The molecule has 1 N–H and O–H groups in total. The fourth-order valence-electron chi connectivity index (χ4n) is 5.17. The lowest BCUT2D eigenvalue weighted by Crippen LogP contribution is -2.53. The average Bonchev–Trinajstić information content (AvgIpc) is 3.44. The summed E-state index contributed by atoms with van der Waals surface area (Å²) in [5, 5.41) is 19.0. The van der Waals surface area contributed by atoms with Crippen molar-refractivity contribution in [3.63, 3.8) is 0 Å². The van der Waals surface area contributed by atoms with Crippen LogP contribution in [0.25, 0.3) is 0 Å². The summed E-state index contributed by atoms with van der Waals surface area (Å²) >= 11 is 3.41. The molecule has 4 nitrogen and oxygen atoms in total. The zero-order valence-electron chi connectivity index (χ0n) is 19.7. The van der Waals surface area contributed by atoms with Gasteiger partial charge in [-0.2, -0.15) is 22.7 Å². The summed E-state index contributed by atoms with van der Waals surface area (Å²) in [6, 6.07) is 4.28. The zero-order chi connectivity index (χ0) is 22.7. The van der Waals surface area contributed by atoms with E-state index < -0.39 is 5.60 Å². The Morgan fingerprint density at radius 2 is 1.35 bits per heavy atom. The van der Waals surface area contributed by atoms with E-state index in [1.807, 2.05) is 13.8 Å². The van der Waals surface area contributed by atoms with Gasteiger partial charge in [-0.25, -0.2) is 0 Å². The van der Waals surface area contributed by atoms with E-state index in [1.54, 1.807) is 29.6 Å². The maximum absolute atomic E-state index is 11.9. The van der Waals surface area contributed by atoms with E-state index in [0.717, 1.165) is 51.9 Å². The van der Waals surface area contributed by atoms with Crippen molar-refractivity contribution in [1.82, 2.24) is 9.80 Å². The van der Waals surface area contributed by atoms with Crippen molar-refractivity contribution in [3.8, 4) is 0 Å². The highest BCUT2D eigenvalue weighted by Crippen LogP contribution is 2.44. The Hall–Kier alpha value is -1.05. The molecule has 0 radical (unpaired) electrons. The smallest absolute Gasteiger partial charge is 0.140 e. The lowest BCUT2D eigenvalue weighted by atomic mass is 9.64. The molecule has 0 aliphatic carbocycles. The maximum atomic E-state index is 11.9. The van der Waals surface area contributed by atoms with Gasteiger partial charge in [0.25, 0.3) is 0 Å². The monoisotopic (exact) mass is 462 g/mol. The Morgan fingerprint density at radius 3 is 1.74 bits per heavy atom. The summed E-state index contributed by atoms with van der Waals surface area (Å²) in [5.41, 5.74) is 1.66. The molecule has 0 amide bonds. The van der Waals surface area contributed by atoms with E-state index in [-0.39, 0.29) is 10.8 Å². The first-order chi connectivity index (χ1) is 14.6. The largest absolute Gasteiger partial charge is 0.390 e. The van der Waals surface area contributed by atoms with Gasteiger partial charge in [-0.05, 0) is 132 Å². The van der Waals surface area contributed by atoms with Crippen molar-refractivity contribution in [1.29, 1.82) is 0 Å². The number of thiophene rings is 2. The predicted octanol–water partition coefficient (Wildman–Crippen LogP) is 4.78. The number of likely N-dealkylation sites (tertiary alicyclic amines) is 2. The number of piperidine rings is 2. The standard InChI is InChI=1S/C13H21NOS.C12H17NOS/c1-12(2,15)13(11-4-9-16-10-11)5-7-14(3)8-6-13;1-10(14)12(11-3-8-15-9-11)4-6-13(2)7-5-12/h4,9-10,15H,5-8H2,1-3H3;3,8-9H,4-7H2,1-2H3. The lowest BCUT2D eigenvalue weighted by molar-refractivity contribution is -0.124. The van der Waals surface area contributed by atoms with E-state index in [4.69, 9.17) is 0 Å². The summed E-state index contributed by atoms with van der Waals surface area (Å²) in [6.45, 7) is 9.83. The van der Waals surface area contributed by atoms with Gasteiger partial charge >= 0.3 is 0 Å². The van der Waals surface area contributed by atoms with Gasteiger partial charge in [-0.3, -0.25) is 4.79 Å². The van der Waals surface area contributed by atoms with Crippen LogP contribution in [0.15, 0.2) is 33.7 Å². The third-order valence-electron chi connectivity index (χ3n) is 7.67. The Bertz CT molecular complexity index is 808. The van der Waals surface area contributed by atoms with Gasteiger partial charge in [-0.15, -0.1) is 0 Å². The fourth-order valence-corrected chi connectivity index (χ4v) is 6.68. The maximum Gasteiger partial charge on any atom is 0.140 e. The normalized spacial score (nSPS) is 21.9. The number of ketones is 1. The molecule has 2 aliphatic heterocycles. The first-order valence-corrected chi connectivity index (χ1v) is 13.2. The molecule has 0 atom stereocenters. The van der Waals surface area contributed by atoms with Crippen LogP contribution in [0.5, 0.6) is 0 Å². The first-order valence-electron chi connectivity index (χ1n) is 11.3. The van der Waals surface area contributed by atoms with Crippen molar-refractivity contribution < 1.29 is 9.90 Å². The summed E-state index contributed by atoms with van der Waals surface area (Å²) in [6.07, 6.45) is 4.03. The van der Waals surface area contributed by atoms with E-state index in [1.165, 1.54) is 11.1 Å². The van der Waals surface area contributed by atoms with Gasteiger partial charge in [0.2, 0.25) is 0 Å². The van der Waals surface area contributed by atoms with Crippen LogP contribution < -0.4 is 0 Å². The third-order valence-corrected chi connectivity index (χ3v) is 9.04. The predicted molar refractivity (Wildman–Crippen MR) is 132 cm³/mol. The van der Waals surface area contributed by atoms with E-state index in [0.29, 0.717) is 5.78 Å². The van der Waals surface area contributed by atoms with Gasteiger partial charge in [0, 0.05) is 5.41 Å². The van der Waals surface area contributed by atoms with Gasteiger partial charge in [0.1, 0.15) is 5.78 Å². The number of rotatable bonds is 4. The lowest BCUT2D eigenvalue weighted by Gasteiger charge is -2.48. The van der Waals surface area contributed by atoms with Crippen molar-refractivity contribution >= 4 is 28.5 Å². The van der Waals surface area contributed by atoms with Gasteiger partial charge in [0.05, 0.1) is 11.0 Å². The Kier molecular flexibility index (Phi) is 7.80. The molecule has 172 valence electrons. The Balaban J connectivity index is 0.000000176. The number of hydrogen-bond acceptors (Lipinski definition) is 6. The molecule has 0 unspecified atom stereocenters. The second-order valence-electron chi connectivity index (χ2n) is 9.91. The molecule has 2 aromatic rings. The number of carbonyl (C=O) groups is 1. The first kappa shape index (κ1) is 24.6. The van der Waals surface area contributed by atoms with Crippen LogP contribution >= 0.6 is 22.7 Å². The van der Waals surface area contributed by atoms with E-state index in [9.17, 15) is 9.90 Å². The highest BCUT2D eigenvalue weighted by Gasteiger charge is 2.46. The summed E-state index contributed by atoms with van der Waals surface area (Å²) in [7, 11) is 4.28. The van der Waals surface area contributed by atoms with Gasteiger partial charge < -0.3 is 14.9 Å². The highest BCUT2D eigenvalue weighted by molar-refractivity contribution is 7.08. The van der Waals surface area contributed by atoms with Crippen LogP contribution in [0.4, 0.5) is 0 Å². The summed E-state index contributed by atoms with van der Waals surface area (Å²) in [4.78, 5) is 16.6. The molecular formula is C25H38N2O2S2. The molecule has 2 aromatic heterocycles. The quantitative estimate of drug-likeness (QED) is 0.710. The zero-order valence-corrected chi connectivity index (χ0v) is 21.3. The number of carbonyl (C=O) groups excluding carboxylic acids is 1. The molecule has 2 fully saturated rings. The molecule has 0 saturated carbocycles. The minimum atomic E-state index is -0.644. The minimum Gasteiger partial charge on any atom is -0.390 e. The second-order valence-corrected chi connectivity index (χ2v) is 11.5. The number of nitrogens with zero attached hydrogens (tertiary/aromatic N) is 2. The van der Waals surface area contributed by atoms with Crippen LogP contribution in [0, 0.1) is 0 Å². The van der Waals surface area contributed by atoms with E-state index in [2.05, 4.69) is 57.5 Å². The van der Waals surface area contributed by atoms with Crippen LogP contribution in [0.1, 0.15) is 57.6 Å². The molecule has 0 bridgehead atoms. The molecule has 0 aromatic carbocycles. The molecular weight excluding hydrogens is 424 g/mol. The van der Waals surface area contributed by atoms with Gasteiger partial charge in [0.15, 0.2) is 0 Å². The Labute approximate surface area is 195 Å². The summed E-state index contributed by atoms with van der Waals surface area (Å²) in [5.74, 6) is 0.328. The SMILES string of the molecule is CC(=O)C1(c2ccsc2)CCN(C)CC1.CN1CCC(c2ccsc2)(C(C)(C)O)CC1. The molecule has 2 saturated heterocycles. The molecule has 4 rings (SSSR count). The average molecular weight is 463 g/mol. The van der Waals surface area contributed by atoms with Crippen molar-refractivity contribution in [2.24, 2.45) is 0 Å². The van der Waals surface area contributed by atoms with Crippen LogP contribution in [0.2, 0.25) is 0 Å². The third kappa shape index (κ3) is 5.14. The van der Waals surface area contributed by atoms with E-state index >= 15 is 0 Å². The minimum absolute atomic E-state index is 0.0560. The number of hydrogen-bond donors (Lipinski definition) is 1. The molecule has 4 heterocycles. The molecule has 6 heteroatoms. The molecule has 31 heavy (non-hydrogen) atoms. The Morgan fingerprint density at radius 1 is 0.903 bits per heavy atom. The van der Waals surface area contributed by atoms with Crippen LogP contribution in [-0.4, -0.2) is 66.6 Å². The van der Waals surface area contributed by atoms with Crippen molar-refractivity contribution in [2.75, 3.05) is 40.3 Å². The van der Waals surface area contributed by atoms with Crippen molar-refractivity contribution in [3.05, 3.63) is 44.8 Å². The van der Waals surface area contributed by atoms with Crippen LogP contribution in [0.3, 0.4) is 0 Å². The fraction of sp³-hybridized carbons (Fsp3) is 0.640. The number of aliphatic hydroxyl groups is 1. The second kappa shape index (κ2) is 9.84. The summed E-state index contributed by atoms with van der Waals surface area (Å²) < 4.78 is 0. The topological polar surface area (TPSA) is 43.8 Å². The highest BCUT2D eigenvalue weighted by atomic mass is 32.1.